The summed E-state index contributed by atoms with van der Waals surface area (Å²) in [5.41, 5.74) is -8.75. The van der Waals surface area contributed by atoms with Gasteiger partial charge in [0.05, 0.1) is 97.3 Å². The average molecular weight is 2080 g/mol. The van der Waals surface area contributed by atoms with Crippen molar-refractivity contribution in [3.63, 3.8) is 0 Å². The standard InChI is InChI=1S/C27H13F6N3.C23H14F6N2.C22H15F3N2.C20H8F6N2S.C20H11F3N2S/c1-35-18-8-4-2-6-13(18)15-11-21-16(10-20(15)35)14-7-3-5-9-19(14)36(21)26-22(27(31,32)33)23(28)17(12-34)24(29)25(26)30;24-19-15(12-30)20(25)21(26)22(18(19)23(27,28)29)31-16-9-5-4-8-14(16)10-11-17(31)13-6-2-1-3-7-13;23-22(24,25)18-12-15(14-26)10-11-20(18)27-19-9-5-4-8-17(19)13-21(27)16-6-2-1-3-7-16;21-16-10(9-27)17(22)18(23)19(15(16)20(24,25)26)28-11-5-1-3-7-13(11)29-14-8-4-2-6-12(14)28;21-20(22,23)14-11-13(12-24)9-10-15(14)25-16-5-1-3-7-18(16)26-19-8-4-2-6-17(19)25/h2-11H,1H3;1-9,17H,10-11H2;1-12,21H,13H2;1-8H;1-11H. The van der Waals surface area contributed by atoms with Crippen molar-refractivity contribution in [1.29, 1.82) is 26.3 Å². The van der Waals surface area contributed by atoms with E-state index >= 15 is 8.78 Å². The number of fused-ring (bicyclic) bond motifs is 12. The number of alkyl halides is 15. The maximum Gasteiger partial charge on any atom is 0.421 e. The van der Waals surface area contributed by atoms with E-state index in [9.17, 15) is 96.6 Å². The fourth-order valence-electron chi connectivity index (χ4n) is 18.9. The quantitative estimate of drug-likeness (QED) is 0.111. The Bertz CT molecular complexity index is 8550. The number of hydrogen-bond acceptors (Lipinski definition) is 11. The van der Waals surface area contributed by atoms with Crippen molar-refractivity contribution in [3.8, 4) is 36.0 Å². The van der Waals surface area contributed by atoms with Crippen LogP contribution in [-0.2, 0) is 50.8 Å². The molecule has 4 aliphatic rings. The molecule has 0 radical (unpaired) electrons. The van der Waals surface area contributed by atoms with Crippen LogP contribution in [0.1, 0.15) is 96.4 Å². The van der Waals surface area contributed by atoms with Gasteiger partial charge in [-0.1, -0.05) is 206 Å². The van der Waals surface area contributed by atoms with Gasteiger partial charge in [0.2, 0.25) is 0 Å². The summed E-state index contributed by atoms with van der Waals surface area (Å²) in [4.78, 5) is 7.91. The third-order valence-corrected chi connectivity index (χ3v) is 27.6. The normalized spacial score (nSPS) is 14.0. The van der Waals surface area contributed by atoms with Crippen LogP contribution in [0, 0.1) is 109 Å². The SMILES string of the molecule is Cn1c2ccccc2c2cc3c(cc21)c1ccccc1n3-c1c(F)c(F)c(C#N)c(F)c1C(F)(F)F.N#Cc1c(F)c(F)c(N2c3ccccc3CCC2c2ccccc2)c(C(F)(F)F)c1F.N#Cc1c(F)c(F)c(N2c3ccccc3Sc3ccccc32)c(C(F)(F)F)c1F.N#Cc1ccc(N2c3ccccc3CC2c2ccccc2)c(C(F)(F)F)c1.N#Cc1ccc(N2c3ccccc3Sc3ccccc32)c(C(F)(F)F)c1. The smallest absolute Gasteiger partial charge is 0.344 e. The molecule has 6 heterocycles. The highest BCUT2D eigenvalue weighted by Crippen LogP contribution is 2.60. The van der Waals surface area contributed by atoms with Gasteiger partial charge in [-0.2, -0.15) is 92.2 Å². The van der Waals surface area contributed by atoms with E-state index < -0.39 is 151 Å². The number of halogens is 24. The number of nitrogens with zero attached hydrogens (tertiary/aromatic N) is 11. The summed E-state index contributed by atoms with van der Waals surface area (Å²) in [6, 6.07) is 88.9. The van der Waals surface area contributed by atoms with Crippen LogP contribution < -0.4 is 19.6 Å². The van der Waals surface area contributed by atoms with Crippen LogP contribution in [0.15, 0.2) is 323 Å². The number of hydrogen-bond donors (Lipinski definition) is 0. The molecule has 2 unspecified atom stereocenters. The Hall–Kier alpha value is -17.2. The summed E-state index contributed by atoms with van der Waals surface area (Å²) in [5, 5.41) is 47.3. The largest absolute Gasteiger partial charge is 0.421 e. The van der Waals surface area contributed by atoms with E-state index in [2.05, 4.69) is 0 Å². The number of benzene rings is 16. The first-order valence-electron chi connectivity index (χ1n) is 44.5. The van der Waals surface area contributed by atoms with Crippen LogP contribution in [0.4, 0.5) is 162 Å². The molecule has 2 atom stereocenters. The van der Waals surface area contributed by atoms with Gasteiger partial charge in [-0.25, -0.2) is 39.5 Å². The fraction of sp³-hybridized carbons (Fsp3) is 0.0982. The Kier molecular flexibility index (Phi) is 27.3. The van der Waals surface area contributed by atoms with Crippen molar-refractivity contribution in [1.82, 2.24) is 9.13 Å². The molecule has 0 bridgehead atoms. The molecule has 4 aliphatic heterocycles. The van der Waals surface area contributed by atoms with E-state index in [0.29, 0.717) is 67.7 Å². The van der Waals surface area contributed by atoms with Gasteiger partial charge in [-0.3, -0.25) is 0 Å². The Balaban J connectivity index is 0.000000122. The molecule has 18 aromatic rings. The van der Waals surface area contributed by atoms with Gasteiger partial charge in [-0.15, -0.1) is 0 Å². The predicted molar refractivity (Wildman–Crippen MR) is 514 cm³/mol. The summed E-state index contributed by atoms with van der Waals surface area (Å²) >= 11 is 2.76. The lowest BCUT2D eigenvalue weighted by molar-refractivity contribution is -0.140. The van der Waals surface area contributed by atoms with Crippen molar-refractivity contribution >= 4 is 124 Å². The van der Waals surface area contributed by atoms with Crippen LogP contribution in [0.3, 0.4) is 0 Å². The second-order valence-corrected chi connectivity index (χ2v) is 36.0. The molecule has 0 saturated heterocycles. The van der Waals surface area contributed by atoms with E-state index in [1.165, 1.54) is 90.3 Å². The molecular formula is C112H61F24N11S2. The number of nitriles is 5. The molecule has 2 aromatic heterocycles. The van der Waals surface area contributed by atoms with Gasteiger partial charge in [-0.05, 0) is 163 Å². The molecule has 0 spiro atoms. The Morgan fingerprint density at radius 3 is 1.08 bits per heavy atom. The van der Waals surface area contributed by atoms with Crippen LogP contribution in [0.2, 0.25) is 0 Å². The van der Waals surface area contributed by atoms with Crippen LogP contribution >= 0.6 is 23.5 Å². The Morgan fingerprint density at radius 2 is 0.624 bits per heavy atom. The van der Waals surface area contributed by atoms with Gasteiger partial charge in [0.1, 0.15) is 63.0 Å². The van der Waals surface area contributed by atoms with E-state index in [4.69, 9.17) is 26.3 Å². The van der Waals surface area contributed by atoms with Crippen LogP contribution in [-0.4, -0.2) is 9.13 Å². The molecule has 149 heavy (non-hydrogen) atoms. The predicted octanol–water partition coefficient (Wildman–Crippen LogP) is 34.0. The summed E-state index contributed by atoms with van der Waals surface area (Å²) in [7, 11) is 1.85. The molecular weight excluding hydrogens is 2020 g/mol. The molecule has 0 aliphatic carbocycles. The van der Waals surface area contributed by atoms with E-state index in [0.717, 1.165) is 87.7 Å². The minimum absolute atomic E-state index is 0.00480. The molecule has 744 valence electrons. The van der Waals surface area contributed by atoms with Crippen LogP contribution in [0.5, 0.6) is 0 Å². The summed E-state index contributed by atoms with van der Waals surface area (Å²) in [5.74, 6) is -18.2. The minimum Gasteiger partial charge on any atom is -0.344 e. The molecule has 22 rings (SSSR count). The molecule has 0 fully saturated rings. The van der Waals surface area contributed by atoms with Crippen molar-refractivity contribution < 1.29 is 105 Å². The van der Waals surface area contributed by atoms with Crippen molar-refractivity contribution in [2.45, 2.75) is 81.8 Å². The monoisotopic (exact) mass is 2080 g/mol. The van der Waals surface area contributed by atoms with Gasteiger partial charge in [0.25, 0.3) is 0 Å². The topological polar surface area (TPSA) is 142 Å². The van der Waals surface area contributed by atoms with Crippen molar-refractivity contribution in [2.75, 3.05) is 19.6 Å². The lowest BCUT2D eigenvalue weighted by atomic mass is 9.89. The van der Waals surface area contributed by atoms with Crippen molar-refractivity contribution in [2.24, 2.45) is 7.05 Å². The summed E-state index contributed by atoms with van der Waals surface area (Å²) in [6.45, 7) is 0. The van der Waals surface area contributed by atoms with Gasteiger partial charge in [0, 0.05) is 70.6 Å². The summed E-state index contributed by atoms with van der Waals surface area (Å²) < 4.78 is 344. The number of rotatable bonds is 7. The van der Waals surface area contributed by atoms with Gasteiger partial charge in [0.15, 0.2) is 52.4 Å². The Labute approximate surface area is 838 Å². The minimum atomic E-state index is -5.42. The highest BCUT2D eigenvalue weighted by molar-refractivity contribution is 8.00. The van der Waals surface area contributed by atoms with Gasteiger partial charge < -0.3 is 28.7 Å². The third-order valence-electron chi connectivity index (χ3n) is 25.3. The molecule has 0 saturated carbocycles. The maximum absolute atomic E-state index is 15.4. The third kappa shape index (κ3) is 18.6. The molecule has 0 N–H and O–H groups in total. The number of anilines is 10. The highest BCUT2D eigenvalue weighted by atomic mass is 32.2. The molecule has 37 heteroatoms. The van der Waals surface area contributed by atoms with Crippen molar-refractivity contribution in [3.05, 3.63) is 434 Å². The van der Waals surface area contributed by atoms with E-state index in [1.807, 2.05) is 115 Å². The second-order valence-electron chi connectivity index (χ2n) is 33.8. The first-order chi connectivity index (χ1) is 71.1. The van der Waals surface area contributed by atoms with Crippen LogP contribution in [0.25, 0.3) is 49.3 Å². The maximum atomic E-state index is 15.4. The zero-order valence-corrected chi connectivity index (χ0v) is 77.6. The second kappa shape index (κ2) is 40.0. The zero-order chi connectivity index (χ0) is 106. The number of aryl methyl sites for hydroxylation is 2. The van der Waals surface area contributed by atoms with E-state index in [1.54, 1.807) is 143 Å². The lowest BCUT2D eigenvalue weighted by Crippen LogP contribution is -2.32. The van der Waals surface area contributed by atoms with E-state index in [-0.39, 0.29) is 56.6 Å². The zero-order valence-electron chi connectivity index (χ0n) is 76.0. The first kappa shape index (κ1) is 102. The Morgan fingerprint density at radius 1 is 0.275 bits per heavy atom. The van der Waals surface area contributed by atoms with Gasteiger partial charge >= 0.3 is 30.9 Å². The number of para-hydroxylation sites is 8. The number of aromatic nitrogens is 2. The lowest BCUT2D eigenvalue weighted by Gasteiger charge is -2.40. The molecule has 16 aromatic carbocycles. The highest BCUT2D eigenvalue weighted by Gasteiger charge is 2.50. The fourth-order valence-corrected chi connectivity index (χ4v) is 21.1. The molecule has 0 amide bonds. The molecule has 11 nitrogen and oxygen atoms in total. The average Bonchev–Trinajstić information content (AvgIpc) is 0.976. The first-order valence-corrected chi connectivity index (χ1v) is 46.1. The summed E-state index contributed by atoms with van der Waals surface area (Å²) in [6.07, 6.45) is -23.9.